The summed E-state index contributed by atoms with van der Waals surface area (Å²) in [4.78, 5) is 11.4. The van der Waals surface area contributed by atoms with Crippen molar-refractivity contribution in [1.29, 1.82) is 0 Å². The summed E-state index contributed by atoms with van der Waals surface area (Å²) in [6.07, 6.45) is 0.561. The van der Waals surface area contributed by atoms with Crippen LogP contribution in [0, 0.1) is 13.8 Å². The number of aliphatic hydroxyl groups is 1. The van der Waals surface area contributed by atoms with Crippen molar-refractivity contribution >= 4 is 5.97 Å². The third kappa shape index (κ3) is 2.24. The average Bonchev–Trinajstić information content (AvgIpc) is 2.55. The lowest BCUT2D eigenvalue weighted by atomic mass is 10.1. The molecule has 0 aromatic carbocycles. The standard InChI is InChI=1S/C11H18N2O3/c1-7-10(5-6-14)8(2)13(12-7)9(3)11(15)16-4/h9,14H,5-6H2,1-4H3. The number of aliphatic hydroxyl groups excluding tert-OH is 1. The zero-order valence-corrected chi connectivity index (χ0v) is 10.1. The number of nitrogens with zero attached hydrogens (tertiary/aromatic N) is 2. The van der Waals surface area contributed by atoms with E-state index in [0.29, 0.717) is 6.42 Å². The number of methoxy groups -OCH3 is 1. The minimum atomic E-state index is -0.434. The van der Waals surface area contributed by atoms with Crippen LogP contribution in [0.2, 0.25) is 0 Å². The van der Waals surface area contributed by atoms with Gasteiger partial charge in [-0.25, -0.2) is 4.79 Å². The molecule has 0 aliphatic carbocycles. The van der Waals surface area contributed by atoms with Crippen LogP contribution in [0.25, 0.3) is 0 Å². The van der Waals surface area contributed by atoms with Crippen LogP contribution in [0.4, 0.5) is 0 Å². The van der Waals surface area contributed by atoms with Crippen LogP contribution in [0.3, 0.4) is 0 Å². The van der Waals surface area contributed by atoms with Crippen LogP contribution in [0.15, 0.2) is 0 Å². The van der Waals surface area contributed by atoms with Crippen molar-refractivity contribution in [2.75, 3.05) is 13.7 Å². The summed E-state index contributed by atoms with van der Waals surface area (Å²) in [5.41, 5.74) is 2.75. The Balaban J connectivity index is 3.06. The van der Waals surface area contributed by atoms with E-state index in [1.54, 1.807) is 11.6 Å². The maximum Gasteiger partial charge on any atom is 0.330 e. The van der Waals surface area contributed by atoms with Crippen molar-refractivity contribution < 1.29 is 14.6 Å². The fraction of sp³-hybridized carbons (Fsp3) is 0.636. The van der Waals surface area contributed by atoms with E-state index in [0.717, 1.165) is 17.0 Å². The largest absolute Gasteiger partial charge is 0.467 e. The molecule has 5 heteroatoms. The van der Waals surface area contributed by atoms with Gasteiger partial charge >= 0.3 is 5.97 Å². The Morgan fingerprint density at radius 2 is 2.19 bits per heavy atom. The second-order valence-corrected chi connectivity index (χ2v) is 3.77. The molecule has 0 aliphatic rings. The van der Waals surface area contributed by atoms with E-state index >= 15 is 0 Å². The van der Waals surface area contributed by atoms with E-state index in [9.17, 15) is 4.79 Å². The molecule has 0 fully saturated rings. The molecule has 1 atom stereocenters. The number of aromatic nitrogens is 2. The molecule has 1 aromatic heterocycles. The van der Waals surface area contributed by atoms with E-state index in [4.69, 9.17) is 5.11 Å². The second-order valence-electron chi connectivity index (χ2n) is 3.77. The lowest BCUT2D eigenvalue weighted by Gasteiger charge is -2.11. The number of aryl methyl sites for hydroxylation is 1. The van der Waals surface area contributed by atoms with E-state index < -0.39 is 6.04 Å². The molecule has 16 heavy (non-hydrogen) atoms. The predicted octanol–water partition coefficient (Wildman–Crippen LogP) is 0.769. The van der Waals surface area contributed by atoms with Gasteiger partial charge < -0.3 is 9.84 Å². The first-order chi connectivity index (χ1) is 7.52. The highest BCUT2D eigenvalue weighted by Crippen LogP contribution is 2.18. The molecule has 0 saturated carbocycles. The molecule has 0 aliphatic heterocycles. The molecule has 0 spiro atoms. The van der Waals surface area contributed by atoms with Gasteiger partial charge in [0.15, 0.2) is 0 Å². The number of esters is 1. The van der Waals surface area contributed by atoms with Gasteiger partial charge in [0, 0.05) is 12.3 Å². The highest BCUT2D eigenvalue weighted by Gasteiger charge is 2.21. The highest BCUT2D eigenvalue weighted by molar-refractivity contribution is 5.73. The molecule has 1 rings (SSSR count). The molecule has 1 unspecified atom stereocenters. The van der Waals surface area contributed by atoms with Gasteiger partial charge in [-0.2, -0.15) is 5.10 Å². The van der Waals surface area contributed by atoms with Gasteiger partial charge in [-0.1, -0.05) is 0 Å². The van der Waals surface area contributed by atoms with Crippen molar-refractivity contribution in [1.82, 2.24) is 9.78 Å². The monoisotopic (exact) mass is 226 g/mol. The first kappa shape index (κ1) is 12.7. The Bertz CT molecular complexity index is 385. The zero-order valence-electron chi connectivity index (χ0n) is 10.1. The molecule has 90 valence electrons. The fourth-order valence-corrected chi connectivity index (χ4v) is 1.82. The molecule has 1 aromatic rings. The number of hydrogen-bond acceptors (Lipinski definition) is 4. The molecule has 0 radical (unpaired) electrons. The summed E-state index contributed by atoms with van der Waals surface area (Å²) in [5, 5.41) is 13.2. The van der Waals surface area contributed by atoms with Gasteiger partial charge in [-0.3, -0.25) is 4.68 Å². The zero-order chi connectivity index (χ0) is 12.3. The fourth-order valence-electron chi connectivity index (χ4n) is 1.82. The normalized spacial score (nSPS) is 12.6. The molecule has 0 bridgehead atoms. The van der Waals surface area contributed by atoms with Gasteiger partial charge in [0.05, 0.1) is 12.8 Å². The summed E-state index contributed by atoms with van der Waals surface area (Å²) >= 11 is 0. The number of rotatable bonds is 4. The van der Waals surface area contributed by atoms with E-state index in [-0.39, 0.29) is 12.6 Å². The Hall–Kier alpha value is -1.36. The molecule has 1 heterocycles. The van der Waals surface area contributed by atoms with E-state index in [2.05, 4.69) is 9.84 Å². The number of carbonyl (C=O) groups excluding carboxylic acids is 1. The average molecular weight is 226 g/mol. The van der Waals surface area contributed by atoms with Crippen LogP contribution >= 0.6 is 0 Å². The van der Waals surface area contributed by atoms with Crippen molar-refractivity contribution in [3.8, 4) is 0 Å². The Morgan fingerprint density at radius 1 is 1.56 bits per heavy atom. The van der Waals surface area contributed by atoms with Gasteiger partial charge in [0.1, 0.15) is 6.04 Å². The second kappa shape index (κ2) is 5.12. The highest BCUT2D eigenvalue weighted by atomic mass is 16.5. The predicted molar refractivity (Wildman–Crippen MR) is 59.2 cm³/mol. The Kier molecular flexibility index (Phi) is 4.06. The van der Waals surface area contributed by atoms with E-state index in [1.807, 2.05) is 13.8 Å². The summed E-state index contributed by atoms with van der Waals surface area (Å²) in [7, 11) is 1.36. The maximum absolute atomic E-state index is 11.4. The molecular formula is C11H18N2O3. The quantitative estimate of drug-likeness (QED) is 0.770. The third-order valence-corrected chi connectivity index (χ3v) is 2.75. The number of hydrogen-bond donors (Lipinski definition) is 1. The van der Waals surface area contributed by atoms with Gasteiger partial charge in [-0.05, 0) is 32.8 Å². The molecule has 0 amide bonds. The lowest BCUT2D eigenvalue weighted by molar-refractivity contribution is -0.144. The maximum atomic E-state index is 11.4. The summed E-state index contributed by atoms with van der Waals surface area (Å²) in [5.74, 6) is -0.318. The number of carbonyl (C=O) groups is 1. The van der Waals surface area contributed by atoms with Crippen molar-refractivity contribution in [2.24, 2.45) is 0 Å². The van der Waals surface area contributed by atoms with Gasteiger partial charge in [-0.15, -0.1) is 0 Å². The SMILES string of the molecule is COC(=O)C(C)n1nc(C)c(CCO)c1C. The Morgan fingerprint density at radius 3 is 2.69 bits per heavy atom. The van der Waals surface area contributed by atoms with Crippen LogP contribution < -0.4 is 0 Å². The Labute approximate surface area is 95.0 Å². The van der Waals surface area contributed by atoms with Gasteiger partial charge in [0.2, 0.25) is 0 Å². The lowest BCUT2D eigenvalue weighted by Crippen LogP contribution is -2.20. The van der Waals surface area contributed by atoms with Crippen LogP contribution in [0.5, 0.6) is 0 Å². The molecule has 0 saturated heterocycles. The molecular weight excluding hydrogens is 208 g/mol. The summed E-state index contributed by atoms with van der Waals surface area (Å²) in [6, 6.07) is -0.434. The third-order valence-electron chi connectivity index (χ3n) is 2.75. The minimum Gasteiger partial charge on any atom is -0.467 e. The summed E-state index contributed by atoms with van der Waals surface area (Å²) < 4.78 is 6.33. The van der Waals surface area contributed by atoms with Crippen molar-refractivity contribution in [3.63, 3.8) is 0 Å². The van der Waals surface area contributed by atoms with Crippen LogP contribution in [0.1, 0.15) is 29.9 Å². The first-order valence-corrected chi connectivity index (χ1v) is 5.26. The summed E-state index contributed by atoms with van der Waals surface area (Å²) in [6.45, 7) is 5.59. The number of ether oxygens (including phenoxy) is 1. The topological polar surface area (TPSA) is 64.4 Å². The minimum absolute atomic E-state index is 0.0833. The molecule has 1 N–H and O–H groups in total. The van der Waals surface area contributed by atoms with Crippen LogP contribution in [-0.4, -0.2) is 34.6 Å². The van der Waals surface area contributed by atoms with Crippen molar-refractivity contribution in [3.05, 3.63) is 17.0 Å². The van der Waals surface area contributed by atoms with Gasteiger partial charge in [0.25, 0.3) is 0 Å². The smallest absolute Gasteiger partial charge is 0.330 e. The van der Waals surface area contributed by atoms with Crippen molar-refractivity contribution in [2.45, 2.75) is 33.2 Å². The van der Waals surface area contributed by atoms with Crippen LogP contribution in [-0.2, 0) is 16.0 Å². The first-order valence-electron chi connectivity index (χ1n) is 5.26. The van der Waals surface area contributed by atoms with E-state index in [1.165, 1.54) is 7.11 Å². The molecule has 5 nitrogen and oxygen atoms in total.